The summed E-state index contributed by atoms with van der Waals surface area (Å²) in [5.41, 5.74) is 0. The predicted octanol–water partition coefficient (Wildman–Crippen LogP) is 0.617. The molecule has 0 fully saturated rings. The molecule has 0 saturated carbocycles. The third kappa shape index (κ3) is 2.02. The van der Waals surface area contributed by atoms with Crippen LogP contribution in [0, 0.1) is 0 Å². The summed E-state index contributed by atoms with van der Waals surface area (Å²) in [6.07, 6.45) is 0. The molecule has 3 rings (SSSR count). The number of halogens is 2. The van der Waals surface area contributed by atoms with Gasteiger partial charge in [0.2, 0.25) is 0 Å². The van der Waals surface area contributed by atoms with Crippen molar-refractivity contribution >= 4 is 79.5 Å². The summed E-state index contributed by atoms with van der Waals surface area (Å²) in [6.45, 7) is 0. The molecular weight excluding hydrogens is 470 g/mol. The van der Waals surface area contributed by atoms with E-state index < -0.39 is 0 Å². The van der Waals surface area contributed by atoms with Crippen LogP contribution in [0.25, 0.3) is 0 Å². The van der Waals surface area contributed by atoms with E-state index in [0.29, 0.717) is 5.02 Å². The molecule has 1 aliphatic heterocycles. The van der Waals surface area contributed by atoms with Crippen LogP contribution in [0.2, 0.25) is 10.0 Å². The first-order valence-corrected chi connectivity index (χ1v) is 10.1. The summed E-state index contributed by atoms with van der Waals surface area (Å²) in [4.78, 5) is 0. The molecule has 1 aliphatic rings. The van der Waals surface area contributed by atoms with Gasteiger partial charge in [-0.3, -0.25) is 0 Å². The normalized spacial score (nSPS) is 13.1. The first kappa shape index (κ1) is 11.7. The SMILES string of the molecule is Clc1ccc2c(c1Cl)[Te]c1ccccc1[Te]2. The van der Waals surface area contributed by atoms with Crippen molar-refractivity contribution in [1.29, 1.82) is 0 Å². The van der Waals surface area contributed by atoms with Crippen LogP contribution in [-0.2, 0) is 0 Å². The molecule has 0 radical (unpaired) electrons. The Kier molecular flexibility index (Phi) is 3.43. The topological polar surface area (TPSA) is 0 Å². The zero-order chi connectivity index (χ0) is 11.1. The number of rotatable bonds is 0. The zero-order valence-corrected chi connectivity index (χ0v) is 14.2. The molecule has 0 spiro atoms. The van der Waals surface area contributed by atoms with E-state index in [1.165, 1.54) is 7.22 Å². The zero-order valence-electron chi connectivity index (χ0n) is 8.04. The Balaban J connectivity index is 2.16. The van der Waals surface area contributed by atoms with Crippen molar-refractivity contribution in [3.63, 3.8) is 0 Å². The number of hydrogen-bond donors (Lipinski definition) is 0. The second kappa shape index (κ2) is 4.70. The Hall–Kier alpha value is 0.599. The van der Waals surface area contributed by atoms with E-state index in [-0.39, 0.29) is 41.8 Å². The van der Waals surface area contributed by atoms with E-state index in [0.717, 1.165) is 5.02 Å². The molecule has 2 aromatic carbocycles. The third-order valence-electron chi connectivity index (χ3n) is 2.29. The van der Waals surface area contributed by atoms with Gasteiger partial charge in [-0.15, -0.1) is 0 Å². The summed E-state index contributed by atoms with van der Waals surface area (Å²) in [5, 5.41) is 1.51. The first-order valence-electron chi connectivity index (χ1n) is 4.68. The summed E-state index contributed by atoms with van der Waals surface area (Å²) in [5.74, 6) is 0. The second-order valence-corrected chi connectivity index (χ2v) is 10.2. The minimum absolute atomic E-state index is 0.257. The van der Waals surface area contributed by atoms with Crippen LogP contribution in [0.1, 0.15) is 0 Å². The van der Waals surface area contributed by atoms with Gasteiger partial charge in [-0.25, -0.2) is 0 Å². The molecule has 80 valence electrons. The molecule has 0 aliphatic carbocycles. The molecule has 16 heavy (non-hydrogen) atoms. The van der Waals surface area contributed by atoms with Gasteiger partial charge in [0.1, 0.15) is 0 Å². The molecule has 0 bridgehead atoms. The molecule has 0 aromatic heterocycles. The molecule has 0 atom stereocenters. The van der Waals surface area contributed by atoms with Crippen molar-refractivity contribution in [2.24, 2.45) is 0 Å². The van der Waals surface area contributed by atoms with Crippen LogP contribution >= 0.6 is 23.2 Å². The van der Waals surface area contributed by atoms with Crippen LogP contribution in [-0.4, -0.2) is 41.8 Å². The van der Waals surface area contributed by atoms with Gasteiger partial charge in [0.15, 0.2) is 0 Å². The van der Waals surface area contributed by atoms with E-state index in [1.807, 2.05) is 6.07 Å². The fourth-order valence-electron chi connectivity index (χ4n) is 1.54. The molecule has 0 amide bonds. The Morgan fingerprint density at radius 1 is 0.750 bits per heavy atom. The molecule has 2 aromatic rings. The molecule has 0 unspecified atom stereocenters. The summed E-state index contributed by atoms with van der Waals surface area (Å²) < 4.78 is 6.00. The van der Waals surface area contributed by atoms with Gasteiger partial charge in [0.25, 0.3) is 0 Å². The average Bonchev–Trinajstić information content (AvgIpc) is 2.32. The summed E-state index contributed by atoms with van der Waals surface area (Å²) >= 11 is 11.8. The van der Waals surface area contributed by atoms with E-state index in [9.17, 15) is 0 Å². The van der Waals surface area contributed by atoms with Crippen molar-refractivity contribution in [1.82, 2.24) is 0 Å². The molecule has 4 heteroatoms. The molecule has 0 N–H and O–H groups in total. The molecule has 1 heterocycles. The Morgan fingerprint density at radius 3 is 2.19 bits per heavy atom. The van der Waals surface area contributed by atoms with Crippen molar-refractivity contribution in [2.75, 3.05) is 0 Å². The summed E-state index contributed by atoms with van der Waals surface area (Å²) in [7, 11) is 0. The maximum absolute atomic E-state index is 6.30. The van der Waals surface area contributed by atoms with Crippen LogP contribution in [0.5, 0.6) is 0 Å². The maximum atomic E-state index is 6.30. The standard InChI is InChI=1S/C12H6Cl2Te2/c13-7-5-6-10-12(11(7)14)16-9-4-2-1-3-8(9)15-10/h1-6H. The Labute approximate surface area is 124 Å². The fraction of sp³-hybridized carbons (Fsp3) is 0. The second-order valence-electron chi connectivity index (χ2n) is 3.34. The van der Waals surface area contributed by atoms with Gasteiger partial charge in [-0.05, 0) is 0 Å². The van der Waals surface area contributed by atoms with Gasteiger partial charge in [-0.2, -0.15) is 0 Å². The fourth-order valence-corrected chi connectivity index (χ4v) is 10.8. The molecular formula is C12H6Cl2Te2. The van der Waals surface area contributed by atoms with Crippen LogP contribution < -0.4 is 14.4 Å². The first-order chi connectivity index (χ1) is 7.75. The van der Waals surface area contributed by atoms with Crippen molar-refractivity contribution in [3.8, 4) is 0 Å². The van der Waals surface area contributed by atoms with Gasteiger partial charge in [0.05, 0.1) is 0 Å². The van der Waals surface area contributed by atoms with Crippen LogP contribution in [0.4, 0.5) is 0 Å². The van der Waals surface area contributed by atoms with Gasteiger partial charge in [0, 0.05) is 0 Å². The van der Waals surface area contributed by atoms with E-state index >= 15 is 0 Å². The van der Waals surface area contributed by atoms with Crippen molar-refractivity contribution in [2.45, 2.75) is 0 Å². The van der Waals surface area contributed by atoms with Crippen LogP contribution in [0.15, 0.2) is 36.4 Å². The predicted molar refractivity (Wildman–Crippen MR) is 72.9 cm³/mol. The van der Waals surface area contributed by atoms with E-state index in [2.05, 4.69) is 30.3 Å². The third-order valence-corrected chi connectivity index (χ3v) is 12.6. The quantitative estimate of drug-likeness (QED) is 0.418. The Bertz CT molecular complexity index is 567. The molecule has 0 nitrogen and oxygen atoms in total. The number of benzene rings is 2. The minimum atomic E-state index is -0.342. The van der Waals surface area contributed by atoms with Crippen LogP contribution in [0.3, 0.4) is 0 Å². The number of hydrogen-bond acceptors (Lipinski definition) is 0. The van der Waals surface area contributed by atoms with Gasteiger partial charge < -0.3 is 0 Å². The van der Waals surface area contributed by atoms with E-state index in [4.69, 9.17) is 23.2 Å². The van der Waals surface area contributed by atoms with E-state index in [1.54, 1.807) is 7.22 Å². The Morgan fingerprint density at radius 2 is 1.44 bits per heavy atom. The number of fused-ring (bicyclic) bond motifs is 2. The van der Waals surface area contributed by atoms with Gasteiger partial charge >= 0.3 is 126 Å². The van der Waals surface area contributed by atoms with Gasteiger partial charge in [-0.1, -0.05) is 0 Å². The van der Waals surface area contributed by atoms with Crippen molar-refractivity contribution in [3.05, 3.63) is 46.4 Å². The average molecular weight is 476 g/mol. The summed E-state index contributed by atoms with van der Waals surface area (Å²) in [6, 6.07) is 12.9. The van der Waals surface area contributed by atoms with Crippen molar-refractivity contribution < 1.29 is 0 Å². The molecule has 0 saturated heterocycles. The monoisotopic (exact) mass is 480 g/mol.